The zero-order valence-corrected chi connectivity index (χ0v) is 7.32. The monoisotopic (exact) mass is 174 g/mol. The Morgan fingerprint density at radius 3 is 3.00 bits per heavy atom. The first-order valence-corrected chi connectivity index (χ1v) is 3.99. The molecular weight excluding hydrogens is 164 g/mol. The zero-order chi connectivity index (χ0) is 9.26. The van der Waals surface area contributed by atoms with Crippen LogP contribution >= 0.6 is 0 Å². The highest BCUT2D eigenvalue weighted by Gasteiger charge is 2.02. The summed E-state index contributed by atoms with van der Waals surface area (Å²) in [6.45, 7) is 0. The van der Waals surface area contributed by atoms with Gasteiger partial charge in [0.2, 0.25) is 0 Å². The molecule has 3 heteroatoms. The molecule has 2 aromatic rings. The van der Waals surface area contributed by atoms with Crippen LogP contribution in [0.25, 0.3) is 10.9 Å². The lowest BCUT2D eigenvalue weighted by molar-refractivity contribution is 0.419. The summed E-state index contributed by atoms with van der Waals surface area (Å²) in [5, 5.41) is 0.999. The van der Waals surface area contributed by atoms with Crippen molar-refractivity contribution >= 4 is 16.6 Å². The number of nitrogens with zero attached hydrogens (tertiary/aromatic N) is 1. The number of pyridine rings is 1. The number of aromatic nitrogens is 1. The summed E-state index contributed by atoms with van der Waals surface area (Å²) in [5.74, 6) is 0.718. The van der Waals surface area contributed by atoms with E-state index in [-0.39, 0.29) is 0 Å². The third-order valence-corrected chi connectivity index (χ3v) is 1.91. The van der Waals surface area contributed by atoms with E-state index in [1.165, 1.54) is 0 Å². The minimum atomic E-state index is 0.692. The second-order valence-corrected chi connectivity index (χ2v) is 2.80. The molecule has 0 amide bonds. The molecule has 0 aliphatic rings. The van der Waals surface area contributed by atoms with Gasteiger partial charge in [0, 0.05) is 23.3 Å². The van der Waals surface area contributed by atoms with Gasteiger partial charge in [-0.2, -0.15) is 0 Å². The van der Waals surface area contributed by atoms with E-state index in [2.05, 4.69) is 4.98 Å². The van der Waals surface area contributed by atoms with E-state index < -0.39 is 0 Å². The molecule has 2 rings (SSSR count). The summed E-state index contributed by atoms with van der Waals surface area (Å²) in [4.78, 5) is 4.21. The molecule has 2 N–H and O–H groups in total. The SMILES string of the molecule is COc1cc(N)cc2cccnc12. The number of hydrogen-bond acceptors (Lipinski definition) is 3. The first kappa shape index (κ1) is 7.86. The highest BCUT2D eigenvalue weighted by molar-refractivity contribution is 5.87. The second kappa shape index (κ2) is 2.94. The van der Waals surface area contributed by atoms with Crippen LogP contribution in [-0.4, -0.2) is 12.1 Å². The van der Waals surface area contributed by atoms with Gasteiger partial charge in [0.1, 0.15) is 11.3 Å². The topological polar surface area (TPSA) is 48.1 Å². The molecule has 3 nitrogen and oxygen atoms in total. The van der Waals surface area contributed by atoms with E-state index in [9.17, 15) is 0 Å². The average Bonchev–Trinajstić information content (AvgIpc) is 2.16. The minimum absolute atomic E-state index is 0.692. The van der Waals surface area contributed by atoms with Gasteiger partial charge in [0.15, 0.2) is 0 Å². The smallest absolute Gasteiger partial charge is 0.147 e. The lowest BCUT2D eigenvalue weighted by Gasteiger charge is -2.05. The highest BCUT2D eigenvalue weighted by atomic mass is 16.5. The van der Waals surface area contributed by atoms with E-state index in [1.807, 2.05) is 18.2 Å². The fraction of sp³-hybridized carbons (Fsp3) is 0.100. The van der Waals surface area contributed by atoms with Gasteiger partial charge in [-0.3, -0.25) is 4.98 Å². The summed E-state index contributed by atoms with van der Waals surface area (Å²) in [6, 6.07) is 7.49. The summed E-state index contributed by atoms with van der Waals surface area (Å²) >= 11 is 0. The van der Waals surface area contributed by atoms with Gasteiger partial charge < -0.3 is 10.5 Å². The summed E-state index contributed by atoms with van der Waals surface area (Å²) in [5.41, 5.74) is 7.23. The third-order valence-electron chi connectivity index (χ3n) is 1.91. The van der Waals surface area contributed by atoms with E-state index >= 15 is 0 Å². The molecule has 0 aliphatic carbocycles. The quantitative estimate of drug-likeness (QED) is 0.671. The number of rotatable bonds is 1. The van der Waals surface area contributed by atoms with Crippen molar-refractivity contribution in [3.63, 3.8) is 0 Å². The minimum Gasteiger partial charge on any atom is -0.494 e. The van der Waals surface area contributed by atoms with Crippen LogP contribution in [-0.2, 0) is 0 Å². The number of methoxy groups -OCH3 is 1. The zero-order valence-electron chi connectivity index (χ0n) is 7.32. The molecule has 1 heterocycles. The normalized spacial score (nSPS) is 10.2. The van der Waals surface area contributed by atoms with E-state index in [4.69, 9.17) is 10.5 Å². The van der Waals surface area contributed by atoms with Crippen LogP contribution in [0.15, 0.2) is 30.5 Å². The van der Waals surface area contributed by atoms with Crippen LogP contribution in [0.1, 0.15) is 0 Å². The van der Waals surface area contributed by atoms with Crippen LogP contribution in [0.5, 0.6) is 5.75 Å². The van der Waals surface area contributed by atoms with Crippen molar-refractivity contribution in [3.05, 3.63) is 30.5 Å². The molecule has 0 spiro atoms. The number of fused-ring (bicyclic) bond motifs is 1. The Bertz CT molecular complexity index is 440. The fourth-order valence-electron chi connectivity index (χ4n) is 1.34. The Hall–Kier alpha value is -1.77. The molecule has 66 valence electrons. The van der Waals surface area contributed by atoms with Crippen molar-refractivity contribution in [1.29, 1.82) is 0 Å². The molecule has 0 radical (unpaired) electrons. The molecule has 1 aromatic carbocycles. The molecule has 0 bridgehead atoms. The van der Waals surface area contributed by atoms with Crippen LogP contribution in [0, 0.1) is 0 Å². The summed E-state index contributed by atoms with van der Waals surface area (Å²) in [6.07, 6.45) is 1.74. The number of nitrogens with two attached hydrogens (primary N) is 1. The molecule has 0 aliphatic heterocycles. The predicted molar refractivity (Wildman–Crippen MR) is 52.7 cm³/mol. The van der Waals surface area contributed by atoms with E-state index in [0.717, 1.165) is 16.7 Å². The molecule has 1 aromatic heterocycles. The number of hydrogen-bond donors (Lipinski definition) is 1. The second-order valence-electron chi connectivity index (χ2n) is 2.80. The van der Waals surface area contributed by atoms with Gasteiger partial charge in [-0.25, -0.2) is 0 Å². The Balaban J connectivity index is 2.81. The van der Waals surface area contributed by atoms with Crippen LogP contribution in [0.3, 0.4) is 0 Å². The van der Waals surface area contributed by atoms with E-state index in [0.29, 0.717) is 5.69 Å². The average molecular weight is 174 g/mol. The molecular formula is C10H10N2O. The lowest BCUT2D eigenvalue weighted by Crippen LogP contribution is -1.91. The summed E-state index contributed by atoms with van der Waals surface area (Å²) < 4.78 is 5.17. The maximum Gasteiger partial charge on any atom is 0.147 e. The van der Waals surface area contributed by atoms with Gasteiger partial charge in [-0.1, -0.05) is 6.07 Å². The first-order chi connectivity index (χ1) is 6.31. The number of benzene rings is 1. The Morgan fingerprint density at radius 1 is 1.38 bits per heavy atom. The fourth-order valence-corrected chi connectivity index (χ4v) is 1.34. The number of nitrogen functional groups attached to an aromatic ring is 1. The lowest BCUT2D eigenvalue weighted by atomic mass is 10.2. The molecule has 0 atom stereocenters. The maximum atomic E-state index is 5.69. The predicted octanol–water partition coefficient (Wildman–Crippen LogP) is 1.83. The summed E-state index contributed by atoms with van der Waals surface area (Å²) in [7, 11) is 1.61. The number of ether oxygens (including phenoxy) is 1. The van der Waals surface area contributed by atoms with Crippen molar-refractivity contribution in [1.82, 2.24) is 4.98 Å². The van der Waals surface area contributed by atoms with Crippen LogP contribution < -0.4 is 10.5 Å². The standard InChI is InChI=1S/C10H10N2O/c1-13-9-6-8(11)5-7-3-2-4-12-10(7)9/h2-6H,11H2,1H3. The van der Waals surface area contributed by atoms with Gasteiger partial charge in [0.05, 0.1) is 7.11 Å². The Kier molecular flexibility index (Phi) is 1.77. The van der Waals surface area contributed by atoms with Crippen molar-refractivity contribution in [3.8, 4) is 5.75 Å². The number of anilines is 1. The largest absolute Gasteiger partial charge is 0.494 e. The van der Waals surface area contributed by atoms with Gasteiger partial charge in [0.25, 0.3) is 0 Å². The first-order valence-electron chi connectivity index (χ1n) is 3.99. The Labute approximate surface area is 76.2 Å². The van der Waals surface area contributed by atoms with Crippen LogP contribution in [0.2, 0.25) is 0 Å². The van der Waals surface area contributed by atoms with E-state index in [1.54, 1.807) is 19.4 Å². The van der Waals surface area contributed by atoms with Crippen molar-refractivity contribution < 1.29 is 4.74 Å². The van der Waals surface area contributed by atoms with Crippen molar-refractivity contribution in [2.75, 3.05) is 12.8 Å². The van der Waals surface area contributed by atoms with Gasteiger partial charge >= 0.3 is 0 Å². The van der Waals surface area contributed by atoms with Gasteiger partial charge in [-0.15, -0.1) is 0 Å². The third kappa shape index (κ3) is 1.28. The van der Waals surface area contributed by atoms with Crippen LogP contribution in [0.4, 0.5) is 5.69 Å². The van der Waals surface area contributed by atoms with Crippen molar-refractivity contribution in [2.24, 2.45) is 0 Å². The molecule has 0 saturated carbocycles. The molecule has 0 unspecified atom stereocenters. The van der Waals surface area contributed by atoms with Gasteiger partial charge in [-0.05, 0) is 12.1 Å². The molecule has 0 fully saturated rings. The molecule has 0 saturated heterocycles. The maximum absolute atomic E-state index is 5.69. The van der Waals surface area contributed by atoms with Crippen molar-refractivity contribution in [2.45, 2.75) is 0 Å². The Morgan fingerprint density at radius 2 is 2.23 bits per heavy atom. The highest BCUT2D eigenvalue weighted by Crippen LogP contribution is 2.26. The molecule has 13 heavy (non-hydrogen) atoms.